The smallest absolute Gasteiger partial charge is 0.159 e. The molecular weight excluding hydrogens is 244 g/mol. The zero-order valence-electron chi connectivity index (χ0n) is 12.0. The molecule has 0 amide bonds. The molecule has 2 heteroatoms. The lowest BCUT2D eigenvalue weighted by atomic mass is 9.84. The van der Waals surface area contributed by atoms with Gasteiger partial charge in [-0.2, -0.15) is 0 Å². The Morgan fingerprint density at radius 2 is 1.65 bits per heavy atom. The van der Waals surface area contributed by atoms with Crippen LogP contribution in [-0.2, 0) is 6.42 Å². The Morgan fingerprint density at radius 1 is 1.00 bits per heavy atom. The van der Waals surface area contributed by atoms with Crippen molar-refractivity contribution in [1.82, 2.24) is 9.97 Å². The van der Waals surface area contributed by atoms with E-state index >= 15 is 0 Å². The van der Waals surface area contributed by atoms with Gasteiger partial charge in [-0.1, -0.05) is 31.2 Å². The predicted molar refractivity (Wildman–Crippen MR) is 82.4 cm³/mol. The Morgan fingerprint density at radius 3 is 2.25 bits per heavy atom. The molecule has 1 fully saturated rings. The normalized spacial score (nSPS) is 16.2. The van der Waals surface area contributed by atoms with Crippen LogP contribution < -0.4 is 0 Å². The van der Waals surface area contributed by atoms with Crippen LogP contribution in [-0.4, -0.2) is 9.97 Å². The van der Waals surface area contributed by atoms with E-state index in [4.69, 9.17) is 0 Å². The second-order valence-electron chi connectivity index (χ2n) is 5.53. The minimum atomic E-state index is 0.734. The van der Waals surface area contributed by atoms with Gasteiger partial charge in [0.25, 0.3) is 0 Å². The molecule has 1 aromatic heterocycles. The fraction of sp³-hybridized carbons (Fsp3) is 0.389. The monoisotopic (exact) mass is 265 g/mol. The van der Waals surface area contributed by atoms with Gasteiger partial charge in [-0.3, -0.25) is 0 Å². The summed E-state index contributed by atoms with van der Waals surface area (Å²) < 4.78 is 0. The highest BCUT2D eigenvalue weighted by atomic mass is 14.9. The van der Waals surface area contributed by atoms with Gasteiger partial charge in [-0.15, -0.1) is 0 Å². The summed E-state index contributed by atoms with van der Waals surface area (Å²) in [5, 5.41) is 0. The van der Waals surface area contributed by atoms with E-state index in [2.05, 4.69) is 47.6 Å². The lowest BCUT2D eigenvalue weighted by Gasteiger charge is -2.21. The molecule has 2 aromatic rings. The second kappa shape index (κ2) is 6.17. The van der Waals surface area contributed by atoms with E-state index < -0.39 is 0 Å². The predicted octanol–water partition coefficient (Wildman–Crippen LogP) is 4.57. The van der Waals surface area contributed by atoms with Crippen LogP contribution in [0.4, 0.5) is 0 Å². The van der Waals surface area contributed by atoms with Gasteiger partial charge in [0, 0.05) is 18.0 Å². The first-order chi connectivity index (χ1) is 9.86. The average molecular weight is 265 g/mol. The van der Waals surface area contributed by atoms with Crippen LogP contribution in [0.25, 0.3) is 11.4 Å². The fourth-order valence-electron chi connectivity index (χ4n) is 2.85. The largest absolute Gasteiger partial charge is 0.236 e. The van der Waals surface area contributed by atoms with Gasteiger partial charge in [-0.05, 0) is 55.6 Å². The number of rotatable bonds is 3. The van der Waals surface area contributed by atoms with Crippen molar-refractivity contribution in [2.45, 2.75) is 44.9 Å². The van der Waals surface area contributed by atoms with Gasteiger partial charge in [0.15, 0.2) is 5.82 Å². The van der Waals surface area contributed by atoms with E-state index in [1.807, 2.05) is 12.4 Å². The molecule has 0 unspecified atom stereocenters. The van der Waals surface area contributed by atoms with Crippen LogP contribution in [0.2, 0.25) is 0 Å². The van der Waals surface area contributed by atoms with Crippen molar-refractivity contribution in [3.05, 3.63) is 54.2 Å². The van der Waals surface area contributed by atoms with Crippen molar-refractivity contribution in [2.24, 2.45) is 0 Å². The molecule has 3 rings (SSSR count). The molecule has 0 aliphatic heterocycles. The third-order valence-electron chi connectivity index (χ3n) is 4.19. The maximum Gasteiger partial charge on any atom is 0.159 e. The van der Waals surface area contributed by atoms with Crippen molar-refractivity contribution in [3.8, 4) is 11.4 Å². The fourth-order valence-corrected chi connectivity index (χ4v) is 2.85. The number of aromatic nitrogens is 2. The van der Waals surface area contributed by atoms with Gasteiger partial charge in [0.1, 0.15) is 0 Å². The summed E-state index contributed by atoms with van der Waals surface area (Å²) in [6.07, 6.45) is 12.3. The summed E-state index contributed by atoms with van der Waals surface area (Å²) in [4.78, 5) is 8.89. The quantitative estimate of drug-likeness (QED) is 0.812. The van der Waals surface area contributed by atoms with E-state index in [1.165, 1.54) is 36.8 Å². The Kier molecular flexibility index (Phi) is 4.10. The van der Waals surface area contributed by atoms with Crippen molar-refractivity contribution in [3.63, 3.8) is 0 Å². The highest BCUT2D eigenvalue weighted by Crippen LogP contribution is 2.32. The summed E-state index contributed by atoms with van der Waals surface area (Å²) in [7, 11) is 0. The summed E-state index contributed by atoms with van der Waals surface area (Å²) >= 11 is 0. The molecule has 0 bridgehead atoms. The van der Waals surface area contributed by atoms with Crippen LogP contribution in [0, 0.1) is 6.42 Å². The summed E-state index contributed by atoms with van der Waals surface area (Å²) in [6.45, 7) is 2.12. The van der Waals surface area contributed by atoms with Crippen LogP contribution >= 0.6 is 0 Å². The van der Waals surface area contributed by atoms with E-state index in [9.17, 15) is 0 Å². The summed E-state index contributed by atoms with van der Waals surface area (Å²) in [5.41, 5.74) is 3.76. The Labute approximate surface area is 121 Å². The minimum Gasteiger partial charge on any atom is -0.236 e. The molecule has 0 spiro atoms. The number of hydrogen-bond donors (Lipinski definition) is 0. The van der Waals surface area contributed by atoms with Gasteiger partial charge in [0.05, 0.1) is 0 Å². The van der Waals surface area contributed by atoms with Gasteiger partial charge in [0.2, 0.25) is 0 Å². The Hall–Kier alpha value is -1.70. The summed E-state index contributed by atoms with van der Waals surface area (Å²) in [6, 6.07) is 8.83. The maximum absolute atomic E-state index is 4.45. The third-order valence-corrected chi connectivity index (χ3v) is 4.19. The number of benzene rings is 1. The number of aryl methyl sites for hydroxylation is 1. The van der Waals surface area contributed by atoms with Crippen molar-refractivity contribution >= 4 is 0 Å². The molecule has 20 heavy (non-hydrogen) atoms. The molecule has 1 radical (unpaired) electrons. The van der Waals surface area contributed by atoms with Crippen LogP contribution in [0.5, 0.6) is 0 Å². The number of nitrogens with zero attached hydrogens (tertiary/aromatic N) is 2. The molecule has 0 N–H and O–H groups in total. The Bertz CT molecular complexity index is 537. The first-order valence-corrected chi connectivity index (χ1v) is 7.59. The Balaban J connectivity index is 1.77. The molecular formula is C18H21N2. The lowest BCUT2D eigenvalue weighted by molar-refractivity contribution is 0.512. The minimum absolute atomic E-state index is 0.734. The van der Waals surface area contributed by atoms with E-state index in [1.54, 1.807) is 0 Å². The average Bonchev–Trinajstić information content (AvgIpc) is 2.56. The SMILES string of the molecule is CCc1cnc(-c2ccc(C3CC[CH]CC3)cc2)nc1. The lowest BCUT2D eigenvalue weighted by Crippen LogP contribution is -2.04. The highest BCUT2D eigenvalue weighted by Gasteiger charge is 2.15. The zero-order chi connectivity index (χ0) is 13.8. The maximum atomic E-state index is 4.45. The zero-order valence-corrected chi connectivity index (χ0v) is 12.0. The molecule has 1 heterocycles. The van der Waals surface area contributed by atoms with Crippen molar-refractivity contribution < 1.29 is 0 Å². The molecule has 0 saturated heterocycles. The molecule has 2 nitrogen and oxygen atoms in total. The molecule has 1 aromatic carbocycles. The molecule has 103 valence electrons. The molecule has 1 aliphatic rings. The second-order valence-corrected chi connectivity index (χ2v) is 5.53. The summed E-state index contributed by atoms with van der Waals surface area (Å²) in [5.74, 6) is 1.56. The molecule has 0 atom stereocenters. The highest BCUT2D eigenvalue weighted by molar-refractivity contribution is 5.55. The van der Waals surface area contributed by atoms with Gasteiger partial charge < -0.3 is 0 Å². The van der Waals surface area contributed by atoms with Gasteiger partial charge in [-0.25, -0.2) is 9.97 Å². The van der Waals surface area contributed by atoms with Crippen molar-refractivity contribution in [1.29, 1.82) is 0 Å². The van der Waals surface area contributed by atoms with E-state index in [0.717, 1.165) is 23.7 Å². The van der Waals surface area contributed by atoms with Crippen LogP contribution in [0.3, 0.4) is 0 Å². The first-order valence-electron chi connectivity index (χ1n) is 7.59. The molecule has 1 saturated carbocycles. The van der Waals surface area contributed by atoms with E-state index in [-0.39, 0.29) is 0 Å². The van der Waals surface area contributed by atoms with Crippen LogP contribution in [0.15, 0.2) is 36.7 Å². The first kappa shape index (κ1) is 13.3. The van der Waals surface area contributed by atoms with Gasteiger partial charge >= 0.3 is 0 Å². The number of hydrogen-bond acceptors (Lipinski definition) is 2. The van der Waals surface area contributed by atoms with Crippen molar-refractivity contribution in [2.75, 3.05) is 0 Å². The topological polar surface area (TPSA) is 25.8 Å². The standard InChI is InChI=1S/C18H21N2/c1-2-14-12-19-18(20-13-14)17-10-8-16(9-11-17)15-6-4-3-5-7-15/h3,8-13,15H,2,4-7H2,1H3. The van der Waals surface area contributed by atoms with Crippen LogP contribution in [0.1, 0.15) is 49.7 Å². The van der Waals surface area contributed by atoms with E-state index in [0.29, 0.717) is 0 Å². The molecule has 1 aliphatic carbocycles. The third kappa shape index (κ3) is 2.90.